The van der Waals surface area contributed by atoms with Crippen LogP contribution in [0.1, 0.15) is 50.5 Å². The first-order chi connectivity index (χ1) is 11.7. The lowest BCUT2D eigenvalue weighted by Gasteiger charge is -2.32. The molecule has 1 aromatic heterocycles. The summed E-state index contributed by atoms with van der Waals surface area (Å²) in [6.07, 6.45) is 4.44. The van der Waals surface area contributed by atoms with Gasteiger partial charge in [-0.15, -0.1) is 0 Å². The second-order valence-electron chi connectivity index (χ2n) is 7.86. The highest BCUT2D eigenvalue weighted by molar-refractivity contribution is 6.31. The molecule has 4 nitrogen and oxygen atoms in total. The molecule has 0 aliphatic rings. The molecule has 0 atom stereocenters. The number of carbonyl (C=O) groups excluding carboxylic acids is 1. The first-order valence-corrected chi connectivity index (χ1v) is 9.68. The fraction of sp³-hybridized carbons (Fsp3) is 0.400. The van der Waals surface area contributed by atoms with Crippen molar-refractivity contribution in [1.82, 2.24) is 4.98 Å². The highest BCUT2D eigenvalue weighted by atomic mass is 28.2. The average molecular weight is 358 g/mol. The van der Waals surface area contributed by atoms with Gasteiger partial charge in [0.25, 0.3) is 0 Å². The van der Waals surface area contributed by atoms with Crippen LogP contribution in [0.25, 0.3) is 11.1 Å². The predicted molar refractivity (Wildman–Crippen MR) is 104 cm³/mol. The van der Waals surface area contributed by atoms with Gasteiger partial charge in [0, 0.05) is 29.1 Å². The highest BCUT2D eigenvalue weighted by Crippen LogP contribution is 2.39. The van der Waals surface area contributed by atoms with E-state index in [1.54, 1.807) is 19.4 Å². The van der Waals surface area contributed by atoms with Gasteiger partial charge in [-0.2, -0.15) is 0 Å². The van der Waals surface area contributed by atoms with Gasteiger partial charge in [0.05, 0.1) is 12.7 Å². The molecule has 0 aliphatic carbocycles. The third-order valence-corrected chi connectivity index (χ3v) is 5.72. The van der Waals surface area contributed by atoms with Crippen LogP contribution in [0.5, 0.6) is 5.75 Å². The quantitative estimate of drug-likeness (QED) is 0.576. The van der Waals surface area contributed by atoms with Crippen LogP contribution >= 0.6 is 0 Å². The van der Waals surface area contributed by atoms with Crippen molar-refractivity contribution < 1.29 is 14.0 Å². The Balaban J connectivity index is 2.53. The summed E-state index contributed by atoms with van der Waals surface area (Å²) in [5, 5.41) is 0.203. The van der Waals surface area contributed by atoms with Gasteiger partial charge in [-0.05, 0) is 48.7 Å². The van der Waals surface area contributed by atoms with Crippen LogP contribution in [0.15, 0.2) is 36.7 Å². The SMILES string of the molecule is COc1ccc(C=O)cc1-c1ccncc1C(C)(C)O[SiH2]C(C)(C)C. The Morgan fingerprint density at radius 3 is 2.40 bits per heavy atom. The summed E-state index contributed by atoms with van der Waals surface area (Å²) in [7, 11) is 0.897. The molecule has 0 aliphatic heterocycles. The van der Waals surface area contributed by atoms with E-state index >= 15 is 0 Å². The van der Waals surface area contributed by atoms with E-state index in [1.165, 1.54) is 0 Å². The second-order valence-corrected chi connectivity index (χ2v) is 10.6. The van der Waals surface area contributed by atoms with Crippen LogP contribution < -0.4 is 4.74 Å². The fourth-order valence-corrected chi connectivity index (χ4v) is 3.54. The van der Waals surface area contributed by atoms with Gasteiger partial charge in [-0.25, -0.2) is 0 Å². The largest absolute Gasteiger partial charge is 0.496 e. The van der Waals surface area contributed by atoms with Crippen LogP contribution in [-0.2, 0) is 10.0 Å². The fourth-order valence-electron chi connectivity index (χ4n) is 2.59. The number of benzene rings is 1. The van der Waals surface area contributed by atoms with Crippen molar-refractivity contribution in [2.45, 2.75) is 45.3 Å². The number of hydrogen-bond donors (Lipinski definition) is 0. The van der Waals surface area contributed by atoms with E-state index in [0.717, 1.165) is 28.7 Å². The third kappa shape index (κ3) is 4.77. The lowest BCUT2D eigenvalue weighted by molar-refractivity contribution is 0.109. The molecular formula is C20H27NO3Si. The summed E-state index contributed by atoms with van der Waals surface area (Å²) >= 11 is 0. The minimum absolute atomic E-state index is 0.203. The first-order valence-electron chi connectivity index (χ1n) is 8.40. The van der Waals surface area contributed by atoms with E-state index in [2.05, 4.69) is 39.6 Å². The number of methoxy groups -OCH3 is 1. The summed E-state index contributed by atoms with van der Waals surface area (Å²) in [5.41, 5.74) is 2.99. The van der Waals surface area contributed by atoms with Crippen LogP contribution in [0.4, 0.5) is 0 Å². The molecule has 0 saturated heterocycles. The van der Waals surface area contributed by atoms with E-state index in [1.807, 2.05) is 24.4 Å². The third-order valence-electron chi connectivity index (χ3n) is 3.99. The van der Waals surface area contributed by atoms with Gasteiger partial charge >= 0.3 is 0 Å². The van der Waals surface area contributed by atoms with Gasteiger partial charge < -0.3 is 9.16 Å². The minimum Gasteiger partial charge on any atom is -0.496 e. The summed E-state index contributed by atoms with van der Waals surface area (Å²) in [6.45, 7) is 10.8. The van der Waals surface area contributed by atoms with E-state index < -0.39 is 15.4 Å². The van der Waals surface area contributed by atoms with Crippen molar-refractivity contribution in [2.75, 3.05) is 7.11 Å². The van der Waals surface area contributed by atoms with Gasteiger partial charge in [0.15, 0.2) is 9.76 Å². The minimum atomic E-state index is -0.736. The van der Waals surface area contributed by atoms with E-state index in [9.17, 15) is 4.79 Å². The predicted octanol–water partition coefficient (Wildman–Crippen LogP) is 4.12. The Morgan fingerprint density at radius 2 is 1.80 bits per heavy atom. The number of aromatic nitrogens is 1. The Bertz CT molecular complexity index is 751. The zero-order chi connectivity index (χ0) is 18.7. The monoisotopic (exact) mass is 357 g/mol. The second kappa shape index (κ2) is 7.50. The van der Waals surface area contributed by atoms with Gasteiger partial charge in [-0.3, -0.25) is 9.78 Å². The van der Waals surface area contributed by atoms with Crippen molar-refractivity contribution >= 4 is 16.0 Å². The zero-order valence-electron chi connectivity index (χ0n) is 15.9. The average Bonchev–Trinajstić information content (AvgIpc) is 2.59. The van der Waals surface area contributed by atoms with Gasteiger partial charge in [-0.1, -0.05) is 20.8 Å². The summed E-state index contributed by atoms with van der Waals surface area (Å²) in [4.78, 5) is 15.5. The number of carbonyl (C=O) groups is 1. The van der Waals surface area contributed by atoms with E-state index in [-0.39, 0.29) is 5.04 Å². The van der Waals surface area contributed by atoms with Crippen LogP contribution in [0.2, 0.25) is 5.04 Å². The van der Waals surface area contributed by atoms with Crippen molar-refractivity contribution in [3.63, 3.8) is 0 Å². The lowest BCUT2D eigenvalue weighted by Crippen LogP contribution is -2.28. The van der Waals surface area contributed by atoms with Gasteiger partial charge in [0.1, 0.15) is 12.0 Å². The number of hydrogen-bond acceptors (Lipinski definition) is 4. The number of pyridine rings is 1. The summed E-state index contributed by atoms with van der Waals surface area (Å²) < 4.78 is 11.9. The molecule has 5 heteroatoms. The molecule has 2 aromatic rings. The van der Waals surface area contributed by atoms with Crippen molar-refractivity contribution in [1.29, 1.82) is 0 Å². The molecule has 2 rings (SSSR count). The topological polar surface area (TPSA) is 48.4 Å². The first kappa shape index (κ1) is 19.3. The number of aldehydes is 1. The standard InChI is InChI=1S/C20H27NO3Si/c1-19(2,3)25-24-20(4,5)17-12-21-10-9-15(17)16-11-14(13-22)7-8-18(16)23-6/h7-13H,25H2,1-6H3. The Morgan fingerprint density at radius 1 is 1.08 bits per heavy atom. The maximum absolute atomic E-state index is 11.2. The van der Waals surface area contributed by atoms with Crippen LogP contribution in [-0.4, -0.2) is 28.1 Å². The van der Waals surface area contributed by atoms with Crippen molar-refractivity contribution in [3.05, 3.63) is 47.8 Å². The molecule has 1 aromatic carbocycles. The Kier molecular flexibility index (Phi) is 5.80. The molecule has 0 radical (unpaired) electrons. The molecule has 0 saturated carbocycles. The molecule has 0 amide bonds. The number of rotatable bonds is 6. The summed E-state index contributed by atoms with van der Waals surface area (Å²) in [5.74, 6) is 0.724. The van der Waals surface area contributed by atoms with Crippen LogP contribution in [0, 0.1) is 0 Å². The van der Waals surface area contributed by atoms with Crippen LogP contribution in [0.3, 0.4) is 0 Å². The van der Waals surface area contributed by atoms with Gasteiger partial charge in [0.2, 0.25) is 0 Å². The van der Waals surface area contributed by atoms with Crippen molar-refractivity contribution in [3.8, 4) is 16.9 Å². The lowest BCUT2D eigenvalue weighted by atomic mass is 9.90. The normalized spacial score (nSPS) is 12.6. The molecule has 0 spiro atoms. The van der Waals surface area contributed by atoms with E-state index in [0.29, 0.717) is 5.56 Å². The molecule has 25 heavy (non-hydrogen) atoms. The van der Waals surface area contributed by atoms with E-state index in [4.69, 9.17) is 9.16 Å². The molecular weight excluding hydrogens is 330 g/mol. The highest BCUT2D eigenvalue weighted by Gasteiger charge is 2.28. The maximum atomic E-state index is 11.2. The molecule has 0 fully saturated rings. The molecule has 1 heterocycles. The molecule has 0 bridgehead atoms. The molecule has 134 valence electrons. The Hall–Kier alpha value is -1.98. The maximum Gasteiger partial charge on any atom is 0.168 e. The molecule has 0 N–H and O–H groups in total. The smallest absolute Gasteiger partial charge is 0.168 e. The summed E-state index contributed by atoms with van der Waals surface area (Å²) in [6, 6.07) is 7.37. The Labute approximate surface area is 152 Å². The van der Waals surface area contributed by atoms with Crippen molar-refractivity contribution in [2.24, 2.45) is 0 Å². The zero-order valence-corrected chi connectivity index (χ0v) is 17.3. The number of nitrogens with zero attached hydrogens (tertiary/aromatic N) is 1. The number of ether oxygens (including phenoxy) is 1. The molecule has 0 unspecified atom stereocenters.